The third-order valence-corrected chi connectivity index (χ3v) is 5.27. The molecule has 2 heterocycles. The highest BCUT2D eigenvalue weighted by atomic mass is 19.1. The molecule has 1 aliphatic carbocycles. The minimum Gasteiger partial charge on any atom is -0.494 e. The molecular formula is C16H21FN2O. The van der Waals surface area contributed by atoms with Gasteiger partial charge in [0, 0.05) is 30.8 Å². The smallest absolute Gasteiger partial charge is 0.167 e. The number of rotatable bonds is 1. The van der Waals surface area contributed by atoms with Crippen molar-refractivity contribution in [1.82, 2.24) is 0 Å². The van der Waals surface area contributed by atoms with Gasteiger partial charge >= 0.3 is 0 Å². The van der Waals surface area contributed by atoms with Crippen LogP contribution in [0.5, 0.6) is 5.75 Å². The molecule has 3 nitrogen and oxygen atoms in total. The second-order valence-electron chi connectivity index (χ2n) is 6.29. The van der Waals surface area contributed by atoms with Gasteiger partial charge in [-0.05, 0) is 25.2 Å². The van der Waals surface area contributed by atoms with Crippen molar-refractivity contribution >= 4 is 11.4 Å². The quantitative estimate of drug-likeness (QED) is 0.851. The largest absolute Gasteiger partial charge is 0.494 e. The summed E-state index contributed by atoms with van der Waals surface area (Å²) >= 11 is 0. The molecule has 1 aromatic rings. The first-order valence-corrected chi connectivity index (χ1v) is 7.67. The van der Waals surface area contributed by atoms with E-state index in [4.69, 9.17) is 4.74 Å². The van der Waals surface area contributed by atoms with Crippen LogP contribution in [-0.4, -0.2) is 25.7 Å². The van der Waals surface area contributed by atoms with Crippen LogP contribution >= 0.6 is 0 Å². The Balaban J connectivity index is 1.77. The Labute approximate surface area is 119 Å². The Morgan fingerprint density at radius 3 is 3.00 bits per heavy atom. The summed E-state index contributed by atoms with van der Waals surface area (Å²) in [5, 5.41) is 3.40. The number of nitrogens with zero attached hydrogens (tertiary/aromatic N) is 1. The van der Waals surface area contributed by atoms with E-state index in [1.807, 2.05) is 6.07 Å². The number of fused-ring (bicyclic) bond motifs is 5. The molecule has 0 spiro atoms. The van der Waals surface area contributed by atoms with Gasteiger partial charge in [-0.15, -0.1) is 0 Å². The third-order valence-electron chi connectivity index (χ3n) is 5.27. The molecule has 108 valence electrons. The SMILES string of the molecule is COc1cc2c(cc1F)NCC1CC3CCCCC3N21. The van der Waals surface area contributed by atoms with E-state index in [1.54, 1.807) is 6.07 Å². The summed E-state index contributed by atoms with van der Waals surface area (Å²) in [5.41, 5.74) is 2.06. The fourth-order valence-electron chi connectivity index (χ4n) is 4.40. The highest BCUT2D eigenvalue weighted by molar-refractivity contribution is 5.76. The molecule has 2 fully saturated rings. The van der Waals surface area contributed by atoms with E-state index in [-0.39, 0.29) is 5.82 Å². The molecule has 3 aliphatic rings. The maximum atomic E-state index is 13.9. The van der Waals surface area contributed by atoms with Crippen molar-refractivity contribution in [2.75, 3.05) is 23.9 Å². The molecule has 1 saturated carbocycles. The van der Waals surface area contributed by atoms with Crippen molar-refractivity contribution < 1.29 is 9.13 Å². The first-order valence-electron chi connectivity index (χ1n) is 7.67. The fourth-order valence-corrected chi connectivity index (χ4v) is 4.40. The summed E-state index contributed by atoms with van der Waals surface area (Å²) in [7, 11) is 1.53. The second kappa shape index (κ2) is 4.54. The lowest BCUT2D eigenvalue weighted by Gasteiger charge is -2.40. The fraction of sp³-hybridized carbons (Fsp3) is 0.625. The molecule has 3 atom stereocenters. The molecule has 3 unspecified atom stereocenters. The summed E-state index contributed by atoms with van der Waals surface area (Å²) in [6.07, 6.45) is 6.60. The van der Waals surface area contributed by atoms with Gasteiger partial charge in [-0.1, -0.05) is 12.8 Å². The van der Waals surface area contributed by atoms with Crippen molar-refractivity contribution in [3.05, 3.63) is 17.9 Å². The average molecular weight is 276 g/mol. The van der Waals surface area contributed by atoms with E-state index in [9.17, 15) is 4.39 Å². The number of hydrogen-bond acceptors (Lipinski definition) is 3. The Hall–Kier alpha value is -1.45. The lowest BCUT2D eigenvalue weighted by atomic mass is 9.85. The Morgan fingerprint density at radius 2 is 2.15 bits per heavy atom. The minimum absolute atomic E-state index is 0.281. The predicted molar refractivity (Wildman–Crippen MR) is 78.1 cm³/mol. The molecule has 0 aromatic heterocycles. The highest BCUT2D eigenvalue weighted by Crippen LogP contribution is 2.47. The van der Waals surface area contributed by atoms with Gasteiger partial charge in [0.1, 0.15) is 0 Å². The van der Waals surface area contributed by atoms with Crippen LogP contribution in [0.2, 0.25) is 0 Å². The summed E-state index contributed by atoms with van der Waals surface area (Å²) in [4.78, 5) is 2.55. The molecular weight excluding hydrogens is 255 g/mol. The van der Waals surface area contributed by atoms with Crippen LogP contribution in [0.25, 0.3) is 0 Å². The third kappa shape index (κ3) is 1.70. The van der Waals surface area contributed by atoms with Gasteiger partial charge in [0.15, 0.2) is 11.6 Å². The molecule has 2 aliphatic heterocycles. The number of methoxy groups -OCH3 is 1. The second-order valence-corrected chi connectivity index (χ2v) is 6.29. The first-order chi connectivity index (χ1) is 9.78. The van der Waals surface area contributed by atoms with E-state index in [2.05, 4.69) is 10.2 Å². The van der Waals surface area contributed by atoms with Gasteiger partial charge < -0.3 is 15.0 Å². The van der Waals surface area contributed by atoms with Crippen LogP contribution < -0.4 is 15.0 Å². The standard InChI is InChI=1S/C16H21FN2O/c1-20-16-8-15-13(7-12(16)17)18-9-11-6-10-4-2-3-5-14(10)19(11)15/h7-8,10-11,14,18H,2-6,9H2,1H3. The van der Waals surface area contributed by atoms with Crippen molar-refractivity contribution in [3.8, 4) is 5.75 Å². The zero-order valence-electron chi connectivity index (χ0n) is 11.9. The van der Waals surface area contributed by atoms with E-state index < -0.39 is 0 Å². The molecule has 1 aromatic carbocycles. The molecule has 1 N–H and O–H groups in total. The van der Waals surface area contributed by atoms with Crippen molar-refractivity contribution in [2.24, 2.45) is 5.92 Å². The molecule has 1 saturated heterocycles. The Morgan fingerprint density at radius 1 is 1.30 bits per heavy atom. The summed E-state index contributed by atoms with van der Waals surface area (Å²) in [6, 6.07) is 4.66. The predicted octanol–water partition coefficient (Wildman–Crippen LogP) is 3.40. The van der Waals surface area contributed by atoms with Crippen LogP contribution in [0.4, 0.5) is 15.8 Å². The number of halogens is 1. The van der Waals surface area contributed by atoms with E-state index in [0.717, 1.165) is 23.8 Å². The van der Waals surface area contributed by atoms with Gasteiger partial charge in [-0.2, -0.15) is 0 Å². The number of benzene rings is 1. The summed E-state index contributed by atoms with van der Waals surface area (Å²) in [6.45, 7) is 0.936. The van der Waals surface area contributed by atoms with Crippen LogP contribution in [-0.2, 0) is 0 Å². The van der Waals surface area contributed by atoms with Crippen LogP contribution in [0.15, 0.2) is 12.1 Å². The first kappa shape index (κ1) is 12.3. The molecule has 4 heteroatoms. The van der Waals surface area contributed by atoms with E-state index >= 15 is 0 Å². The monoisotopic (exact) mass is 276 g/mol. The molecule has 0 bridgehead atoms. The van der Waals surface area contributed by atoms with Crippen molar-refractivity contribution in [1.29, 1.82) is 0 Å². The minimum atomic E-state index is -0.281. The maximum absolute atomic E-state index is 13.9. The molecule has 0 amide bonds. The molecule has 20 heavy (non-hydrogen) atoms. The normalized spacial score (nSPS) is 31.1. The lowest BCUT2D eigenvalue weighted by molar-refractivity contribution is 0.341. The summed E-state index contributed by atoms with van der Waals surface area (Å²) in [5.74, 6) is 0.889. The van der Waals surface area contributed by atoms with Gasteiger partial charge in [-0.3, -0.25) is 0 Å². The van der Waals surface area contributed by atoms with E-state index in [0.29, 0.717) is 17.8 Å². The number of anilines is 2. The van der Waals surface area contributed by atoms with E-state index in [1.165, 1.54) is 39.2 Å². The van der Waals surface area contributed by atoms with Gasteiger partial charge in [0.25, 0.3) is 0 Å². The number of nitrogens with one attached hydrogen (secondary N) is 1. The number of hydrogen-bond donors (Lipinski definition) is 1. The zero-order valence-corrected chi connectivity index (χ0v) is 11.9. The van der Waals surface area contributed by atoms with Crippen molar-refractivity contribution in [2.45, 2.75) is 44.2 Å². The average Bonchev–Trinajstić information content (AvgIpc) is 2.85. The molecule has 0 radical (unpaired) electrons. The van der Waals surface area contributed by atoms with Gasteiger partial charge in [0.2, 0.25) is 0 Å². The zero-order chi connectivity index (χ0) is 13.7. The maximum Gasteiger partial charge on any atom is 0.167 e. The lowest BCUT2D eigenvalue weighted by Crippen LogP contribution is -2.44. The van der Waals surface area contributed by atoms with Crippen LogP contribution in [0.1, 0.15) is 32.1 Å². The number of ether oxygens (including phenoxy) is 1. The highest BCUT2D eigenvalue weighted by Gasteiger charge is 2.44. The van der Waals surface area contributed by atoms with Crippen LogP contribution in [0, 0.1) is 11.7 Å². The van der Waals surface area contributed by atoms with Gasteiger partial charge in [0.05, 0.1) is 18.5 Å². The summed E-state index contributed by atoms with van der Waals surface area (Å²) < 4.78 is 19.0. The Bertz CT molecular complexity index is 533. The topological polar surface area (TPSA) is 24.5 Å². The van der Waals surface area contributed by atoms with Gasteiger partial charge in [-0.25, -0.2) is 4.39 Å². The Kier molecular flexibility index (Phi) is 2.79. The molecule has 4 rings (SSSR count). The van der Waals surface area contributed by atoms with Crippen LogP contribution in [0.3, 0.4) is 0 Å². The van der Waals surface area contributed by atoms with Crippen molar-refractivity contribution in [3.63, 3.8) is 0 Å².